The molecule has 0 amide bonds. The van der Waals surface area contributed by atoms with Crippen LogP contribution in [0, 0.1) is 0 Å². The summed E-state index contributed by atoms with van der Waals surface area (Å²) < 4.78 is 10.8. The zero-order valence-electron chi connectivity index (χ0n) is 11.0. The van der Waals surface area contributed by atoms with E-state index in [1.165, 1.54) is 0 Å². The van der Waals surface area contributed by atoms with Crippen LogP contribution in [-0.2, 0) is 13.0 Å². The summed E-state index contributed by atoms with van der Waals surface area (Å²) in [7, 11) is 1.65. The molecule has 0 bridgehead atoms. The van der Waals surface area contributed by atoms with Crippen LogP contribution < -0.4 is 15.2 Å². The van der Waals surface area contributed by atoms with Crippen LogP contribution in [-0.4, -0.2) is 18.6 Å². The third-order valence-corrected chi connectivity index (χ3v) is 2.76. The van der Waals surface area contributed by atoms with Gasteiger partial charge in [-0.1, -0.05) is 12.1 Å². The third-order valence-electron chi connectivity index (χ3n) is 2.76. The number of hydrogen-bond acceptors (Lipinski definition) is 4. The maximum Gasteiger partial charge on any atom is 0.138 e. The highest BCUT2D eigenvalue weighted by Gasteiger charge is 1.98. The first kappa shape index (κ1) is 13.4. The number of methoxy groups -OCH3 is 1. The third kappa shape index (κ3) is 3.96. The highest BCUT2D eigenvalue weighted by atomic mass is 16.5. The zero-order chi connectivity index (χ0) is 13.5. The average Bonchev–Trinajstić information content (AvgIpc) is 2.47. The maximum absolute atomic E-state index is 5.66. The van der Waals surface area contributed by atoms with Crippen LogP contribution >= 0.6 is 0 Å². The molecule has 0 atom stereocenters. The molecular weight excluding hydrogens is 240 g/mol. The van der Waals surface area contributed by atoms with Gasteiger partial charge in [0, 0.05) is 12.1 Å². The predicted octanol–water partition coefficient (Wildman–Crippen LogP) is 2.17. The largest absolute Gasteiger partial charge is 0.497 e. The molecule has 2 rings (SSSR count). The van der Waals surface area contributed by atoms with Gasteiger partial charge in [-0.2, -0.15) is 0 Å². The van der Waals surface area contributed by atoms with E-state index in [0.717, 1.165) is 29.2 Å². The molecule has 4 heteroatoms. The van der Waals surface area contributed by atoms with Crippen molar-refractivity contribution in [2.75, 3.05) is 13.7 Å². The van der Waals surface area contributed by atoms with E-state index in [1.54, 1.807) is 13.3 Å². The lowest BCUT2D eigenvalue weighted by Gasteiger charge is -2.07. The second-order valence-corrected chi connectivity index (χ2v) is 4.16. The topological polar surface area (TPSA) is 57.4 Å². The first-order chi connectivity index (χ1) is 9.31. The van der Waals surface area contributed by atoms with E-state index in [-0.39, 0.29) is 0 Å². The summed E-state index contributed by atoms with van der Waals surface area (Å²) in [5, 5.41) is 0. The van der Waals surface area contributed by atoms with Gasteiger partial charge < -0.3 is 15.2 Å². The molecule has 0 fully saturated rings. The van der Waals surface area contributed by atoms with Crippen LogP contribution in [0.2, 0.25) is 0 Å². The molecule has 4 nitrogen and oxygen atoms in total. The lowest BCUT2D eigenvalue weighted by molar-refractivity contribution is 0.304. The minimum Gasteiger partial charge on any atom is -0.497 e. The van der Waals surface area contributed by atoms with Crippen LogP contribution in [0.15, 0.2) is 42.6 Å². The smallest absolute Gasteiger partial charge is 0.138 e. The lowest BCUT2D eigenvalue weighted by atomic mass is 10.2. The highest BCUT2D eigenvalue weighted by Crippen LogP contribution is 2.15. The van der Waals surface area contributed by atoms with Crippen LogP contribution in [0.1, 0.15) is 11.3 Å². The van der Waals surface area contributed by atoms with E-state index in [4.69, 9.17) is 15.2 Å². The molecule has 1 aromatic heterocycles. The molecule has 2 N–H and O–H groups in total. The Labute approximate surface area is 113 Å². The van der Waals surface area contributed by atoms with Crippen LogP contribution in [0.5, 0.6) is 11.5 Å². The average molecular weight is 258 g/mol. The van der Waals surface area contributed by atoms with Crippen LogP contribution in [0.3, 0.4) is 0 Å². The van der Waals surface area contributed by atoms with E-state index in [2.05, 4.69) is 4.98 Å². The summed E-state index contributed by atoms with van der Waals surface area (Å²) in [5.41, 5.74) is 7.55. The Bertz CT molecular complexity index is 495. The molecule has 2 aromatic rings. The van der Waals surface area contributed by atoms with E-state index < -0.39 is 0 Å². The number of ether oxygens (including phenoxy) is 2. The van der Waals surface area contributed by atoms with Crippen molar-refractivity contribution in [3.8, 4) is 11.5 Å². The molecule has 0 aliphatic rings. The highest BCUT2D eigenvalue weighted by molar-refractivity contribution is 5.27. The first-order valence-electron chi connectivity index (χ1n) is 6.22. The van der Waals surface area contributed by atoms with Gasteiger partial charge in [0.2, 0.25) is 0 Å². The lowest BCUT2D eigenvalue weighted by Crippen LogP contribution is -2.04. The van der Waals surface area contributed by atoms with Gasteiger partial charge in [-0.3, -0.25) is 4.98 Å². The van der Waals surface area contributed by atoms with Gasteiger partial charge in [-0.25, -0.2) is 0 Å². The number of nitrogens with two attached hydrogens (primary N) is 1. The van der Waals surface area contributed by atoms with Crippen LogP contribution in [0.4, 0.5) is 0 Å². The van der Waals surface area contributed by atoms with Gasteiger partial charge in [0.1, 0.15) is 18.1 Å². The Kier molecular flexibility index (Phi) is 4.75. The van der Waals surface area contributed by atoms with Crippen molar-refractivity contribution < 1.29 is 9.47 Å². The van der Waals surface area contributed by atoms with E-state index in [0.29, 0.717) is 13.2 Å². The Hall–Kier alpha value is -2.07. The van der Waals surface area contributed by atoms with Gasteiger partial charge in [0.25, 0.3) is 0 Å². The minimum absolute atomic E-state index is 0.516. The normalized spacial score (nSPS) is 10.2. The molecule has 1 aromatic carbocycles. The molecular formula is C15H18N2O2. The van der Waals surface area contributed by atoms with Gasteiger partial charge in [-0.05, 0) is 36.4 Å². The second-order valence-electron chi connectivity index (χ2n) is 4.16. The summed E-state index contributed by atoms with van der Waals surface area (Å²) in [6, 6.07) is 11.7. The molecule has 0 aliphatic heterocycles. The molecule has 0 saturated heterocycles. The number of nitrogens with zero attached hydrogens (tertiary/aromatic N) is 1. The SMILES string of the molecule is COc1ccc(COc2ccc(CCN)nc2)cc1. The molecule has 1 heterocycles. The quantitative estimate of drug-likeness (QED) is 0.862. The number of rotatable bonds is 6. The zero-order valence-corrected chi connectivity index (χ0v) is 11.0. The summed E-state index contributed by atoms with van der Waals surface area (Å²) in [4.78, 5) is 4.28. The van der Waals surface area contributed by atoms with Crippen molar-refractivity contribution in [3.63, 3.8) is 0 Å². The van der Waals surface area contributed by atoms with Crippen molar-refractivity contribution in [3.05, 3.63) is 53.9 Å². The van der Waals surface area contributed by atoms with Crippen molar-refractivity contribution in [2.45, 2.75) is 13.0 Å². The Morgan fingerprint density at radius 3 is 2.37 bits per heavy atom. The summed E-state index contributed by atoms with van der Waals surface area (Å²) in [6.07, 6.45) is 2.52. The Balaban J connectivity index is 1.90. The number of pyridine rings is 1. The number of benzene rings is 1. The fraction of sp³-hybridized carbons (Fsp3) is 0.267. The van der Waals surface area contributed by atoms with Crippen LogP contribution in [0.25, 0.3) is 0 Å². The summed E-state index contributed by atoms with van der Waals surface area (Å²) in [5.74, 6) is 1.60. The molecule has 0 unspecified atom stereocenters. The van der Waals surface area contributed by atoms with Gasteiger partial charge in [0.15, 0.2) is 0 Å². The number of hydrogen-bond donors (Lipinski definition) is 1. The minimum atomic E-state index is 0.516. The monoisotopic (exact) mass is 258 g/mol. The fourth-order valence-electron chi connectivity index (χ4n) is 1.68. The maximum atomic E-state index is 5.66. The predicted molar refractivity (Wildman–Crippen MR) is 74.3 cm³/mol. The molecule has 0 aliphatic carbocycles. The van der Waals surface area contributed by atoms with E-state index >= 15 is 0 Å². The molecule has 100 valence electrons. The molecule has 0 radical (unpaired) electrons. The molecule has 19 heavy (non-hydrogen) atoms. The van der Waals surface area contributed by atoms with Crippen molar-refractivity contribution in [1.82, 2.24) is 4.98 Å². The molecule has 0 spiro atoms. The standard InChI is InChI=1S/C15H18N2O2/c1-18-14-5-2-12(3-6-14)11-19-15-7-4-13(8-9-16)17-10-15/h2-7,10H,8-9,11,16H2,1H3. The van der Waals surface area contributed by atoms with Crippen molar-refractivity contribution in [1.29, 1.82) is 0 Å². The second kappa shape index (κ2) is 6.75. The van der Waals surface area contributed by atoms with Gasteiger partial charge in [0.05, 0.1) is 13.3 Å². The van der Waals surface area contributed by atoms with Crippen molar-refractivity contribution >= 4 is 0 Å². The first-order valence-corrected chi connectivity index (χ1v) is 6.22. The van der Waals surface area contributed by atoms with E-state index in [9.17, 15) is 0 Å². The fourth-order valence-corrected chi connectivity index (χ4v) is 1.68. The summed E-state index contributed by atoms with van der Waals surface area (Å²) >= 11 is 0. The van der Waals surface area contributed by atoms with Gasteiger partial charge in [-0.15, -0.1) is 0 Å². The molecule has 0 saturated carbocycles. The van der Waals surface area contributed by atoms with Gasteiger partial charge >= 0.3 is 0 Å². The Morgan fingerprint density at radius 2 is 1.79 bits per heavy atom. The Morgan fingerprint density at radius 1 is 1.05 bits per heavy atom. The van der Waals surface area contributed by atoms with E-state index in [1.807, 2.05) is 36.4 Å². The number of aromatic nitrogens is 1. The summed E-state index contributed by atoms with van der Waals surface area (Å²) in [6.45, 7) is 1.13. The van der Waals surface area contributed by atoms with Crippen molar-refractivity contribution in [2.24, 2.45) is 5.73 Å².